The number of carbonyl (C=O) groups excluding carboxylic acids is 1. The molecule has 0 atom stereocenters. The number of aromatic nitrogens is 1. The Morgan fingerprint density at radius 1 is 1.21 bits per heavy atom. The van der Waals surface area contributed by atoms with E-state index in [-0.39, 0.29) is 23.2 Å². The Morgan fingerprint density at radius 3 is 2.56 bits per heavy atom. The van der Waals surface area contributed by atoms with E-state index in [1.807, 2.05) is 23.3 Å². The van der Waals surface area contributed by atoms with E-state index in [0.717, 1.165) is 28.1 Å². The molecule has 4 rings (SSSR count). The first-order chi connectivity index (χ1) is 16.1. The maximum atomic E-state index is 13.3. The van der Waals surface area contributed by atoms with Crippen molar-refractivity contribution in [3.05, 3.63) is 76.2 Å². The fraction of sp³-hybridized carbons (Fsp3) is 0.250. The lowest BCUT2D eigenvalue weighted by Crippen LogP contribution is -2.32. The van der Waals surface area contributed by atoms with E-state index in [2.05, 4.69) is 11.4 Å². The summed E-state index contributed by atoms with van der Waals surface area (Å²) in [6, 6.07) is 12.9. The number of hydrogen-bond acceptors (Lipinski definition) is 5. The second kappa shape index (κ2) is 8.93. The Labute approximate surface area is 197 Å². The number of halogens is 1. The van der Waals surface area contributed by atoms with Gasteiger partial charge < -0.3 is 14.8 Å². The van der Waals surface area contributed by atoms with Gasteiger partial charge in [0.2, 0.25) is 15.9 Å². The third-order valence-corrected chi connectivity index (χ3v) is 7.07. The molecule has 3 aromatic rings. The summed E-state index contributed by atoms with van der Waals surface area (Å²) in [5, 5.41) is 17.8. The van der Waals surface area contributed by atoms with Crippen LogP contribution in [0.1, 0.15) is 27.9 Å². The maximum absolute atomic E-state index is 13.3. The number of hydrogen-bond donors (Lipinski definition) is 2. The van der Waals surface area contributed by atoms with Crippen LogP contribution in [0.25, 0.3) is 0 Å². The number of nitriles is 1. The summed E-state index contributed by atoms with van der Waals surface area (Å²) in [5.41, 5.74) is 4.40. The van der Waals surface area contributed by atoms with Crippen molar-refractivity contribution in [2.24, 2.45) is 5.14 Å². The number of primary sulfonamides is 1. The summed E-state index contributed by atoms with van der Waals surface area (Å²) < 4.78 is 38.4. The van der Waals surface area contributed by atoms with Crippen molar-refractivity contribution < 1.29 is 17.6 Å². The number of anilines is 2. The average Bonchev–Trinajstić information content (AvgIpc) is 3.28. The monoisotopic (exact) mass is 481 g/mol. The molecule has 0 radical (unpaired) electrons. The lowest BCUT2D eigenvalue weighted by atomic mass is 10.2. The third kappa shape index (κ3) is 4.53. The normalized spacial score (nSPS) is 13.0. The van der Waals surface area contributed by atoms with Crippen LogP contribution in [0.5, 0.6) is 0 Å². The standard InChI is InChI=1S/C24H24FN5O3S/c1-15-16(2)30(13-17-3-5-19(25)6-4-17)24(21(15)12-26)28-23(31)14-29-10-9-18-11-20(34(27,32)33)7-8-22(18)29/h3-8,11H,9-10,13-14H2,1-2H3,(H,28,31)(H2,27,32,33). The van der Waals surface area contributed by atoms with Crippen LogP contribution < -0.4 is 15.4 Å². The topological polar surface area (TPSA) is 121 Å². The zero-order valence-electron chi connectivity index (χ0n) is 18.8. The van der Waals surface area contributed by atoms with Gasteiger partial charge >= 0.3 is 0 Å². The Morgan fingerprint density at radius 2 is 1.91 bits per heavy atom. The van der Waals surface area contributed by atoms with Gasteiger partial charge in [-0.1, -0.05) is 12.1 Å². The molecule has 34 heavy (non-hydrogen) atoms. The predicted octanol–water partition coefficient (Wildman–Crippen LogP) is 2.81. The molecule has 2 aromatic carbocycles. The highest BCUT2D eigenvalue weighted by molar-refractivity contribution is 7.89. The molecule has 0 saturated heterocycles. The van der Waals surface area contributed by atoms with Gasteiger partial charge in [0, 0.05) is 24.5 Å². The molecular weight excluding hydrogens is 457 g/mol. The van der Waals surface area contributed by atoms with Crippen molar-refractivity contribution in [1.29, 1.82) is 5.26 Å². The molecule has 2 heterocycles. The van der Waals surface area contributed by atoms with Gasteiger partial charge in [-0.15, -0.1) is 0 Å². The Bertz CT molecular complexity index is 1420. The highest BCUT2D eigenvalue weighted by Gasteiger charge is 2.25. The molecule has 0 saturated carbocycles. The van der Waals surface area contributed by atoms with Crippen LogP contribution in [-0.2, 0) is 27.8 Å². The van der Waals surface area contributed by atoms with E-state index in [0.29, 0.717) is 30.9 Å². The minimum atomic E-state index is -3.80. The summed E-state index contributed by atoms with van der Waals surface area (Å²) in [7, 11) is -3.80. The fourth-order valence-corrected chi connectivity index (χ4v) is 4.80. The molecule has 0 fully saturated rings. The quantitative estimate of drug-likeness (QED) is 0.561. The van der Waals surface area contributed by atoms with Gasteiger partial charge in [-0.25, -0.2) is 17.9 Å². The Balaban J connectivity index is 1.57. The molecule has 1 amide bonds. The molecule has 0 aliphatic carbocycles. The first-order valence-electron chi connectivity index (χ1n) is 10.6. The van der Waals surface area contributed by atoms with Crippen LogP contribution in [0.3, 0.4) is 0 Å². The number of nitrogens with zero attached hydrogens (tertiary/aromatic N) is 3. The number of rotatable bonds is 6. The molecule has 1 aliphatic rings. The van der Waals surface area contributed by atoms with E-state index >= 15 is 0 Å². The molecule has 8 nitrogen and oxygen atoms in total. The summed E-state index contributed by atoms with van der Waals surface area (Å²) in [6.07, 6.45) is 0.592. The van der Waals surface area contributed by atoms with Gasteiger partial charge in [0.15, 0.2) is 0 Å². The highest BCUT2D eigenvalue weighted by Crippen LogP contribution is 2.31. The highest BCUT2D eigenvalue weighted by atomic mass is 32.2. The molecule has 1 aliphatic heterocycles. The van der Waals surface area contributed by atoms with Crippen LogP contribution in [0, 0.1) is 31.0 Å². The number of nitrogens with one attached hydrogen (secondary N) is 1. The molecule has 3 N–H and O–H groups in total. The van der Waals surface area contributed by atoms with E-state index in [4.69, 9.17) is 5.14 Å². The Kier molecular flexibility index (Phi) is 6.17. The number of fused-ring (bicyclic) bond motifs is 1. The summed E-state index contributed by atoms with van der Waals surface area (Å²) in [6.45, 7) is 4.65. The number of benzene rings is 2. The minimum absolute atomic E-state index is 0.0341. The van der Waals surface area contributed by atoms with Crippen molar-refractivity contribution in [2.45, 2.75) is 31.7 Å². The molecular formula is C24H24FN5O3S. The van der Waals surface area contributed by atoms with E-state index in [1.165, 1.54) is 24.3 Å². The molecule has 10 heteroatoms. The number of amides is 1. The summed E-state index contributed by atoms with van der Waals surface area (Å²) in [5.74, 6) is -0.244. The fourth-order valence-electron chi connectivity index (χ4n) is 4.23. The van der Waals surface area contributed by atoms with Gasteiger partial charge in [0.1, 0.15) is 17.7 Å². The van der Waals surface area contributed by atoms with E-state index < -0.39 is 10.0 Å². The van der Waals surface area contributed by atoms with Crippen molar-refractivity contribution in [3.63, 3.8) is 0 Å². The van der Waals surface area contributed by atoms with Crippen molar-refractivity contribution in [3.8, 4) is 6.07 Å². The largest absolute Gasteiger partial charge is 0.362 e. The number of nitrogens with two attached hydrogens (primary N) is 1. The van der Waals surface area contributed by atoms with Crippen molar-refractivity contribution in [2.75, 3.05) is 23.3 Å². The molecule has 0 bridgehead atoms. The van der Waals surface area contributed by atoms with E-state index in [9.17, 15) is 22.9 Å². The van der Waals surface area contributed by atoms with Crippen molar-refractivity contribution >= 4 is 27.4 Å². The van der Waals surface area contributed by atoms with Crippen LogP contribution in [0.4, 0.5) is 15.9 Å². The average molecular weight is 482 g/mol. The number of sulfonamides is 1. The first-order valence-corrected chi connectivity index (χ1v) is 12.2. The zero-order valence-corrected chi connectivity index (χ0v) is 19.6. The van der Waals surface area contributed by atoms with Crippen LogP contribution in [0.2, 0.25) is 0 Å². The van der Waals surface area contributed by atoms with Crippen LogP contribution in [0.15, 0.2) is 47.4 Å². The second-order valence-corrected chi connectivity index (χ2v) is 9.88. The Hall–Kier alpha value is -3.68. The van der Waals surface area contributed by atoms with Crippen LogP contribution >= 0.6 is 0 Å². The lowest BCUT2D eigenvalue weighted by molar-refractivity contribution is -0.115. The van der Waals surface area contributed by atoms with E-state index in [1.54, 1.807) is 18.2 Å². The minimum Gasteiger partial charge on any atom is -0.362 e. The molecule has 0 unspecified atom stereocenters. The summed E-state index contributed by atoms with van der Waals surface area (Å²) >= 11 is 0. The van der Waals surface area contributed by atoms with Crippen molar-refractivity contribution in [1.82, 2.24) is 4.57 Å². The number of carbonyl (C=O) groups is 1. The van der Waals surface area contributed by atoms with Gasteiger partial charge in [0.05, 0.1) is 17.0 Å². The van der Waals surface area contributed by atoms with Crippen LogP contribution in [-0.4, -0.2) is 32.0 Å². The second-order valence-electron chi connectivity index (χ2n) is 8.31. The lowest BCUT2D eigenvalue weighted by Gasteiger charge is -2.20. The van der Waals surface area contributed by atoms with Gasteiger partial charge in [-0.3, -0.25) is 4.79 Å². The molecule has 0 spiro atoms. The predicted molar refractivity (Wildman–Crippen MR) is 126 cm³/mol. The molecule has 176 valence electrons. The maximum Gasteiger partial charge on any atom is 0.245 e. The molecule has 1 aromatic heterocycles. The smallest absolute Gasteiger partial charge is 0.245 e. The SMILES string of the molecule is Cc1c(C#N)c(NC(=O)CN2CCc3cc(S(N)(=O)=O)ccc32)n(Cc2ccc(F)cc2)c1C. The van der Waals surface area contributed by atoms with Gasteiger partial charge in [-0.2, -0.15) is 5.26 Å². The van der Waals surface area contributed by atoms with Gasteiger partial charge in [0.25, 0.3) is 0 Å². The zero-order chi connectivity index (χ0) is 24.6. The third-order valence-electron chi connectivity index (χ3n) is 6.16. The summed E-state index contributed by atoms with van der Waals surface area (Å²) in [4.78, 5) is 14.9. The van der Waals surface area contributed by atoms with Gasteiger partial charge in [-0.05, 0) is 67.3 Å². The first kappa shape index (κ1) is 23.5.